The highest BCUT2D eigenvalue weighted by Crippen LogP contribution is 2.31. The van der Waals surface area contributed by atoms with E-state index in [9.17, 15) is 28.4 Å². The molecular formula is C92H103BrClFIN5O10. The van der Waals surface area contributed by atoms with Gasteiger partial charge in [0, 0.05) is 101 Å². The average molecular weight is 1700 g/mol. The second kappa shape index (κ2) is 45.8. The lowest BCUT2D eigenvalue weighted by molar-refractivity contribution is -0.116. The van der Waals surface area contributed by atoms with Gasteiger partial charge in [0.05, 0.1) is 0 Å². The maximum atomic E-state index is 13.5. The molecule has 0 saturated heterocycles. The Balaban J connectivity index is 0.000000216. The maximum absolute atomic E-state index is 13.5. The van der Waals surface area contributed by atoms with Crippen LogP contribution in [0.15, 0.2) is 193 Å². The summed E-state index contributed by atoms with van der Waals surface area (Å²) in [7, 11) is 0. The molecule has 0 heterocycles. The van der Waals surface area contributed by atoms with Crippen LogP contribution in [0.25, 0.3) is 6.08 Å². The summed E-state index contributed by atoms with van der Waals surface area (Å²) in [6, 6.07) is 57.4. The van der Waals surface area contributed by atoms with Crippen LogP contribution in [0.4, 0.5) is 32.8 Å². The maximum Gasteiger partial charge on any atom is 0.224 e. The molecule has 0 spiro atoms. The second-order valence-corrected chi connectivity index (χ2v) is 29.2. The van der Waals surface area contributed by atoms with Crippen LogP contribution in [-0.4, -0.2) is 29.5 Å². The number of anilines is 5. The molecule has 10 rings (SSSR count). The van der Waals surface area contributed by atoms with Crippen LogP contribution in [0.5, 0.6) is 28.7 Å². The summed E-state index contributed by atoms with van der Waals surface area (Å²) in [5.41, 5.74) is 20.5. The molecule has 10 aromatic carbocycles. The average Bonchev–Trinajstić information content (AvgIpc) is 0.863. The molecule has 0 unspecified atom stereocenters. The Morgan fingerprint density at radius 1 is 0.360 bits per heavy atom. The predicted molar refractivity (Wildman–Crippen MR) is 464 cm³/mol. The van der Waals surface area contributed by atoms with Crippen molar-refractivity contribution in [2.75, 3.05) is 26.6 Å². The minimum Gasteiger partial charge on any atom is -0.489 e. The van der Waals surface area contributed by atoms with Gasteiger partial charge in [-0.3, -0.25) is 24.0 Å². The lowest BCUT2D eigenvalue weighted by Gasteiger charge is -2.14. The number of halogens is 4. The first-order valence-corrected chi connectivity index (χ1v) is 39.1. The third kappa shape index (κ3) is 30.5. The van der Waals surface area contributed by atoms with Crippen LogP contribution in [0.3, 0.4) is 0 Å². The molecule has 0 radical (unpaired) electrons. The quantitative estimate of drug-likeness (QED) is 0.0326. The zero-order valence-corrected chi connectivity index (χ0v) is 70.8. The molecule has 111 heavy (non-hydrogen) atoms. The van der Waals surface area contributed by atoms with Gasteiger partial charge in [-0.2, -0.15) is 0 Å². The van der Waals surface area contributed by atoms with Crippen molar-refractivity contribution in [3.63, 3.8) is 0 Å². The highest BCUT2D eigenvalue weighted by atomic mass is 127. The van der Waals surface area contributed by atoms with E-state index >= 15 is 0 Å². The van der Waals surface area contributed by atoms with E-state index in [2.05, 4.69) is 117 Å². The van der Waals surface area contributed by atoms with Gasteiger partial charge < -0.3 is 50.3 Å². The molecule has 0 aliphatic rings. The molecule has 0 fully saturated rings. The predicted octanol–water partition coefficient (Wildman–Crippen LogP) is 24.0. The van der Waals surface area contributed by atoms with Gasteiger partial charge in [-0.25, -0.2) is 4.39 Å². The van der Waals surface area contributed by atoms with E-state index < -0.39 is 0 Å². The van der Waals surface area contributed by atoms with Crippen molar-refractivity contribution < 1.29 is 52.0 Å². The van der Waals surface area contributed by atoms with Crippen LogP contribution in [-0.2, 0) is 57.0 Å². The zero-order valence-electron chi connectivity index (χ0n) is 66.3. The molecule has 5 N–H and O–H groups in total. The van der Waals surface area contributed by atoms with Gasteiger partial charge in [0.2, 0.25) is 29.5 Å². The number of amides is 5. The molecule has 0 saturated carbocycles. The van der Waals surface area contributed by atoms with E-state index in [0.717, 1.165) is 121 Å². The van der Waals surface area contributed by atoms with E-state index in [-0.39, 0.29) is 42.0 Å². The third-order valence-electron chi connectivity index (χ3n) is 17.2. The molecule has 0 aliphatic heterocycles. The molecule has 0 bridgehead atoms. The molecule has 15 nitrogen and oxygen atoms in total. The number of aryl methyl sites for hydroxylation is 10. The van der Waals surface area contributed by atoms with Gasteiger partial charge in [0.15, 0.2) is 0 Å². The summed E-state index contributed by atoms with van der Waals surface area (Å²) < 4.78 is 45.0. The van der Waals surface area contributed by atoms with Gasteiger partial charge in [-0.1, -0.05) is 169 Å². The fourth-order valence-electron chi connectivity index (χ4n) is 11.0. The van der Waals surface area contributed by atoms with Crippen molar-refractivity contribution in [1.29, 1.82) is 0 Å². The Morgan fingerprint density at radius 2 is 0.631 bits per heavy atom. The number of hydrogen-bond acceptors (Lipinski definition) is 10. The topological polar surface area (TPSA) is 192 Å². The van der Waals surface area contributed by atoms with Crippen molar-refractivity contribution in [3.05, 3.63) is 296 Å². The van der Waals surface area contributed by atoms with E-state index in [1.165, 1.54) is 34.4 Å². The number of nitrogens with one attached hydrogen (secondary N) is 5. The van der Waals surface area contributed by atoms with Crippen LogP contribution in [0.1, 0.15) is 156 Å². The lowest BCUT2D eigenvalue weighted by Crippen LogP contribution is -2.12. The number of rotatable bonds is 26. The number of carbonyl (C=O) groups excluding carboxylic acids is 5. The van der Waals surface area contributed by atoms with E-state index in [0.29, 0.717) is 74.8 Å². The fourth-order valence-corrected chi connectivity index (χ4v) is 12.1. The van der Waals surface area contributed by atoms with Crippen molar-refractivity contribution in [2.45, 2.75) is 169 Å². The molecule has 0 atom stereocenters. The minimum atomic E-state index is -0.353. The smallest absolute Gasteiger partial charge is 0.224 e. The Bertz CT molecular complexity index is 4380. The molecule has 10 aromatic rings. The summed E-state index contributed by atoms with van der Waals surface area (Å²) in [5.74, 6) is 3.67. The second-order valence-electron chi connectivity index (χ2n) is 26.6. The SMILES string of the molecule is C=Cc1ccc(NC(=O)CC)c(COc2ccc(C)cc2C)c1.CCC(=O)Nc1ccc(Br)cc1COc1ccc(C)cc1C.CCC(=O)Nc1ccc(Cl)cc1COc1ccc(C)cc1C.CCC(=O)Nc1ccc(F)cc1COc1ccc(C)cc1C.CCC(=O)Nc1ccc(I)cc1COc1ccc(C)cc1C. The molecule has 19 heteroatoms. The van der Waals surface area contributed by atoms with Gasteiger partial charge in [-0.15, -0.1) is 0 Å². The summed E-state index contributed by atoms with van der Waals surface area (Å²) in [6.07, 6.45) is 3.94. The van der Waals surface area contributed by atoms with Crippen LogP contribution < -0.4 is 50.3 Å². The molecule has 0 aliphatic carbocycles. The standard InChI is InChI=1S/C20H23NO2.C18H20BrNO2.C18H20ClNO2.C18H20FNO2.C18H20INO2/c1-5-16-8-9-18(21-20(22)6-2)17(12-16)13-23-19-10-7-14(3)11-15(19)4;4*1-4-18(21)20-16-7-6-15(19)10-14(16)11-22-17-8-5-12(2)9-13(17)3/h5,7-12H,1,6,13H2,2-4H3,(H,21,22);4*5-10H,4,11H2,1-3H3,(H,20,21). The first-order chi connectivity index (χ1) is 53.0. The monoisotopic (exact) mass is 1700 g/mol. The number of carbonyl (C=O) groups is 5. The van der Waals surface area contributed by atoms with Crippen LogP contribution in [0, 0.1) is 78.6 Å². The van der Waals surface area contributed by atoms with Crippen molar-refractivity contribution in [3.8, 4) is 28.7 Å². The summed E-state index contributed by atoms with van der Waals surface area (Å²) >= 11 is 11.8. The third-order valence-corrected chi connectivity index (χ3v) is 18.6. The lowest BCUT2D eigenvalue weighted by atomic mass is 10.1. The zero-order chi connectivity index (χ0) is 81.3. The van der Waals surface area contributed by atoms with Crippen molar-refractivity contribution in [2.24, 2.45) is 0 Å². The fraction of sp³-hybridized carbons (Fsp3) is 0.272. The van der Waals surface area contributed by atoms with E-state index in [1.54, 1.807) is 31.2 Å². The highest BCUT2D eigenvalue weighted by molar-refractivity contribution is 14.1. The highest BCUT2D eigenvalue weighted by Gasteiger charge is 2.15. The van der Waals surface area contributed by atoms with Crippen LogP contribution >= 0.6 is 50.1 Å². The van der Waals surface area contributed by atoms with Gasteiger partial charge in [0.1, 0.15) is 67.6 Å². The number of ether oxygens (including phenoxy) is 5. The van der Waals surface area contributed by atoms with E-state index in [4.69, 9.17) is 35.3 Å². The van der Waals surface area contributed by atoms with Crippen LogP contribution in [0.2, 0.25) is 5.02 Å². The van der Waals surface area contributed by atoms with E-state index in [1.807, 2.05) is 204 Å². The Morgan fingerprint density at radius 3 is 0.946 bits per heavy atom. The largest absolute Gasteiger partial charge is 0.489 e. The number of benzene rings is 10. The normalized spacial score (nSPS) is 10.3. The van der Waals surface area contributed by atoms with Gasteiger partial charge in [-0.05, 0) is 240 Å². The Kier molecular flexibility index (Phi) is 36.9. The van der Waals surface area contributed by atoms with Crippen molar-refractivity contribution in [1.82, 2.24) is 0 Å². The number of hydrogen-bond donors (Lipinski definition) is 5. The Labute approximate surface area is 682 Å². The van der Waals surface area contributed by atoms with Gasteiger partial charge >= 0.3 is 0 Å². The molecule has 5 amide bonds. The first kappa shape index (κ1) is 89.6. The van der Waals surface area contributed by atoms with Crippen molar-refractivity contribution >= 4 is 114 Å². The van der Waals surface area contributed by atoms with Gasteiger partial charge in [0.25, 0.3) is 0 Å². The molecule has 584 valence electrons. The Hall–Kier alpha value is -10.3. The molecular weight excluding hydrogens is 1600 g/mol. The summed E-state index contributed by atoms with van der Waals surface area (Å²) in [6.45, 7) is 35.0. The molecule has 0 aromatic heterocycles. The summed E-state index contributed by atoms with van der Waals surface area (Å²) in [5, 5.41) is 15.0. The summed E-state index contributed by atoms with van der Waals surface area (Å²) in [4.78, 5) is 58.1. The first-order valence-electron chi connectivity index (χ1n) is 36.9. The minimum absolute atomic E-state index is 0.00455.